The lowest BCUT2D eigenvalue weighted by atomic mass is 9.98. The Morgan fingerprint density at radius 1 is 1.12 bits per heavy atom. The number of benzene rings is 2. The minimum atomic E-state index is -0.677. The van der Waals surface area contributed by atoms with Crippen molar-refractivity contribution in [2.45, 2.75) is 30.4 Å². The van der Waals surface area contributed by atoms with E-state index in [1.807, 2.05) is 60.5 Å². The molecule has 4 rings (SSSR count). The molecule has 0 unspecified atom stereocenters. The highest BCUT2D eigenvalue weighted by Gasteiger charge is 2.60. The van der Waals surface area contributed by atoms with E-state index >= 15 is 0 Å². The number of rotatable bonds is 5. The third kappa shape index (κ3) is 2.74. The number of halogens is 1. The van der Waals surface area contributed by atoms with Crippen molar-refractivity contribution in [2.24, 2.45) is 0 Å². The Hall–Kier alpha value is -1.88. The van der Waals surface area contributed by atoms with Gasteiger partial charge in [0, 0.05) is 12.2 Å². The van der Waals surface area contributed by atoms with Crippen LogP contribution >= 0.6 is 12.4 Å². The summed E-state index contributed by atoms with van der Waals surface area (Å²) in [7, 11) is 1.81. The molecule has 1 spiro atoms. The number of likely N-dealkylation sites (N-methyl/N-ethyl adjacent to an activating group) is 1. The molecule has 0 saturated heterocycles. The number of nitrogens with one attached hydrogen (secondary N) is 1. The zero-order valence-electron chi connectivity index (χ0n) is 14.2. The molecule has 1 amide bonds. The summed E-state index contributed by atoms with van der Waals surface area (Å²) in [5, 5.41) is 13.8. The molecule has 1 saturated carbocycles. The topological polar surface area (TPSA) is 52.6 Å². The number of fused-ring (bicyclic) bond motifs is 2. The van der Waals surface area contributed by atoms with Crippen LogP contribution in [0.2, 0.25) is 0 Å². The highest BCUT2D eigenvalue weighted by molar-refractivity contribution is 6.10. The molecule has 25 heavy (non-hydrogen) atoms. The van der Waals surface area contributed by atoms with E-state index in [4.69, 9.17) is 0 Å². The fourth-order valence-electron chi connectivity index (χ4n) is 3.94. The van der Waals surface area contributed by atoms with Gasteiger partial charge in [-0.15, -0.1) is 12.4 Å². The first kappa shape index (κ1) is 17.9. The van der Waals surface area contributed by atoms with Gasteiger partial charge < -0.3 is 15.3 Å². The molecule has 2 aromatic carbocycles. The van der Waals surface area contributed by atoms with Crippen LogP contribution in [0.25, 0.3) is 0 Å². The summed E-state index contributed by atoms with van der Waals surface area (Å²) >= 11 is 0. The maximum Gasteiger partial charge on any atom is 0.238 e. The van der Waals surface area contributed by atoms with Crippen LogP contribution in [-0.2, 0) is 10.2 Å². The van der Waals surface area contributed by atoms with E-state index in [9.17, 15) is 9.90 Å². The molecule has 132 valence electrons. The number of hydrogen-bond acceptors (Lipinski definition) is 3. The number of para-hydroxylation sites is 1. The van der Waals surface area contributed by atoms with Gasteiger partial charge in [-0.05, 0) is 37.1 Å². The van der Waals surface area contributed by atoms with Crippen molar-refractivity contribution in [1.29, 1.82) is 0 Å². The lowest BCUT2D eigenvalue weighted by molar-refractivity contribution is -0.121. The Kier molecular flexibility index (Phi) is 4.87. The quantitative estimate of drug-likeness (QED) is 0.864. The van der Waals surface area contributed by atoms with Crippen LogP contribution in [0.5, 0.6) is 0 Å². The molecule has 1 fully saturated rings. The number of amides is 1. The van der Waals surface area contributed by atoms with Crippen molar-refractivity contribution in [1.82, 2.24) is 5.32 Å². The van der Waals surface area contributed by atoms with Gasteiger partial charge in [0.25, 0.3) is 0 Å². The largest absolute Gasteiger partial charge is 0.389 e. The first-order valence-corrected chi connectivity index (χ1v) is 8.50. The summed E-state index contributed by atoms with van der Waals surface area (Å²) in [6, 6.07) is 17.5. The molecule has 0 bridgehead atoms. The zero-order valence-corrected chi connectivity index (χ0v) is 15.0. The van der Waals surface area contributed by atoms with Gasteiger partial charge >= 0.3 is 0 Å². The Bertz CT molecular complexity index is 761. The summed E-state index contributed by atoms with van der Waals surface area (Å²) < 4.78 is 0. The molecule has 1 aliphatic heterocycles. The maximum atomic E-state index is 13.3. The molecule has 0 radical (unpaired) electrons. The van der Waals surface area contributed by atoms with Crippen LogP contribution in [0.3, 0.4) is 0 Å². The Balaban J connectivity index is 0.00000182. The maximum absolute atomic E-state index is 13.3. The third-order valence-corrected chi connectivity index (χ3v) is 5.25. The van der Waals surface area contributed by atoms with Crippen LogP contribution in [0.4, 0.5) is 5.69 Å². The number of aliphatic hydroxyl groups is 1. The lowest BCUT2D eigenvalue weighted by Crippen LogP contribution is -2.44. The lowest BCUT2D eigenvalue weighted by Gasteiger charge is -2.33. The smallest absolute Gasteiger partial charge is 0.238 e. The van der Waals surface area contributed by atoms with Crippen LogP contribution in [0.15, 0.2) is 54.6 Å². The van der Waals surface area contributed by atoms with Gasteiger partial charge in [-0.1, -0.05) is 48.5 Å². The molecule has 0 aromatic heterocycles. The SMILES string of the molecule is CNC[C@@H](O)[C@H](c1ccccc1)N1C(=O)C2(CC2)c2ccccc21.Cl. The molecule has 1 aliphatic carbocycles. The third-order valence-electron chi connectivity index (χ3n) is 5.25. The van der Waals surface area contributed by atoms with Crippen molar-refractivity contribution < 1.29 is 9.90 Å². The second-order valence-electron chi connectivity index (χ2n) is 6.75. The van der Waals surface area contributed by atoms with E-state index in [1.54, 1.807) is 0 Å². The molecule has 2 N–H and O–H groups in total. The van der Waals surface area contributed by atoms with Crippen LogP contribution < -0.4 is 10.2 Å². The summed E-state index contributed by atoms with van der Waals surface area (Å²) in [6.07, 6.45) is 1.13. The molecular weight excluding hydrogens is 336 g/mol. The fourth-order valence-corrected chi connectivity index (χ4v) is 3.94. The van der Waals surface area contributed by atoms with E-state index in [-0.39, 0.29) is 29.8 Å². The Morgan fingerprint density at radius 2 is 1.76 bits per heavy atom. The average Bonchev–Trinajstić information content (AvgIpc) is 3.38. The molecule has 4 nitrogen and oxygen atoms in total. The number of aliphatic hydroxyl groups excluding tert-OH is 1. The fraction of sp³-hybridized carbons (Fsp3) is 0.350. The van der Waals surface area contributed by atoms with Gasteiger partial charge in [0.05, 0.1) is 17.6 Å². The summed E-state index contributed by atoms with van der Waals surface area (Å²) in [5.41, 5.74) is 2.68. The summed E-state index contributed by atoms with van der Waals surface area (Å²) in [4.78, 5) is 15.1. The normalized spacial score (nSPS) is 19.3. The van der Waals surface area contributed by atoms with E-state index in [0.717, 1.165) is 29.7 Å². The Morgan fingerprint density at radius 3 is 2.40 bits per heavy atom. The summed E-state index contributed by atoms with van der Waals surface area (Å²) in [6.45, 7) is 0.429. The summed E-state index contributed by atoms with van der Waals surface area (Å²) in [5.74, 6) is 0.132. The van der Waals surface area contributed by atoms with E-state index < -0.39 is 6.10 Å². The van der Waals surface area contributed by atoms with Crippen LogP contribution in [0, 0.1) is 0 Å². The van der Waals surface area contributed by atoms with Gasteiger partial charge in [-0.2, -0.15) is 0 Å². The second-order valence-corrected chi connectivity index (χ2v) is 6.75. The number of carbonyl (C=O) groups is 1. The van der Waals surface area contributed by atoms with Crippen molar-refractivity contribution in [3.05, 3.63) is 65.7 Å². The van der Waals surface area contributed by atoms with Crippen molar-refractivity contribution >= 4 is 24.0 Å². The predicted octanol–water partition coefficient (Wildman–Crippen LogP) is 2.81. The van der Waals surface area contributed by atoms with Crippen molar-refractivity contribution in [3.63, 3.8) is 0 Å². The monoisotopic (exact) mass is 358 g/mol. The van der Waals surface area contributed by atoms with Gasteiger partial charge in [0.1, 0.15) is 0 Å². The number of anilines is 1. The predicted molar refractivity (Wildman–Crippen MR) is 101 cm³/mol. The molecular formula is C20H23ClN2O2. The second kappa shape index (κ2) is 6.79. The van der Waals surface area contributed by atoms with Crippen molar-refractivity contribution in [2.75, 3.05) is 18.5 Å². The first-order chi connectivity index (χ1) is 11.7. The van der Waals surface area contributed by atoms with Crippen molar-refractivity contribution in [3.8, 4) is 0 Å². The van der Waals surface area contributed by atoms with E-state index in [2.05, 4.69) is 11.4 Å². The minimum Gasteiger partial charge on any atom is -0.389 e. The van der Waals surface area contributed by atoms with Gasteiger partial charge in [-0.25, -0.2) is 0 Å². The highest BCUT2D eigenvalue weighted by atomic mass is 35.5. The van der Waals surface area contributed by atoms with E-state index in [1.165, 1.54) is 0 Å². The first-order valence-electron chi connectivity index (χ1n) is 8.50. The molecule has 2 aliphatic rings. The zero-order chi connectivity index (χ0) is 16.7. The van der Waals surface area contributed by atoms with Gasteiger partial charge in [-0.3, -0.25) is 4.79 Å². The number of carbonyl (C=O) groups excluding carboxylic acids is 1. The van der Waals surface area contributed by atoms with Crippen LogP contribution in [-0.4, -0.2) is 30.7 Å². The highest BCUT2D eigenvalue weighted by Crippen LogP contribution is 2.59. The Labute approximate surface area is 154 Å². The van der Waals surface area contributed by atoms with E-state index in [0.29, 0.717) is 6.54 Å². The molecule has 1 heterocycles. The number of hydrogen-bond donors (Lipinski definition) is 2. The molecule has 2 atom stereocenters. The standard InChI is InChI=1S/C20H22N2O2.ClH/c1-21-13-17(23)18(14-7-3-2-4-8-14)22-16-10-6-5-9-15(16)20(11-12-20)19(22)24;/h2-10,17-18,21,23H,11-13H2,1H3;1H/t17-,18+;/m1./s1. The number of nitrogens with zero attached hydrogens (tertiary/aromatic N) is 1. The minimum absolute atomic E-state index is 0. The van der Waals surface area contributed by atoms with Gasteiger partial charge in [0.15, 0.2) is 0 Å². The average molecular weight is 359 g/mol. The van der Waals surface area contributed by atoms with Gasteiger partial charge in [0.2, 0.25) is 5.91 Å². The molecule has 2 aromatic rings. The molecule has 5 heteroatoms. The van der Waals surface area contributed by atoms with Crippen LogP contribution in [0.1, 0.15) is 30.0 Å².